The molecule has 0 aliphatic heterocycles. The summed E-state index contributed by atoms with van der Waals surface area (Å²) in [6.07, 6.45) is 0.0284. The number of aromatic nitrogens is 2. The van der Waals surface area contributed by atoms with E-state index in [0.29, 0.717) is 5.75 Å². The lowest BCUT2D eigenvalue weighted by Gasteiger charge is -2.04. The number of rotatable bonds is 6. The molecule has 0 fully saturated rings. The lowest BCUT2D eigenvalue weighted by molar-refractivity contribution is -0.136. The molecular weight excluding hydrogens is 308 g/mol. The Morgan fingerprint density at radius 2 is 2.14 bits per heavy atom. The Kier molecular flexibility index (Phi) is 5.19. The largest absolute Gasteiger partial charge is 0.497 e. The third-order valence-corrected chi connectivity index (χ3v) is 5.08. The zero-order valence-corrected chi connectivity index (χ0v) is 13.7. The normalized spacial score (nSPS) is 10.6. The number of thioether (sulfide) groups is 1. The summed E-state index contributed by atoms with van der Waals surface area (Å²) in [6.45, 7) is 3.77. The average Bonchev–Trinajstić information content (AvgIpc) is 2.75. The molecule has 0 aromatic carbocycles. The summed E-state index contributed by atoms with van der Waals surface area (Å²) in [5, 5.41) is 8.84. The van der Waals surface area contributed by atoms with Gasteiger partial charge in [0.2, 0.25) is 0 Å². The number of aliphatic carboxylic acids is 1. The van der Waals surface area contributed by atoms with Crippen molar-refractivity contribution in [3.63, 3.8) is 0 Å². The van der Waals surface area contributed by atoms with Crippen molar-refractivity contribution in [1.82, 2.24) is 9.97 Å². The molecule has 2 aromatic heterocycles. The Morgan fingerprint density at radius 1 is 1.38 bits per heavy atom. The summed E-state index contributed by atoms with van der Waals surface area (Å²) < 4.78 is 6.09. The first-order valence-electron chi connectivity index (χ1n) is 6.30. The van der Waals surface area contributed by atoms with Gasteiger partial charge in [-0.3, -0.25) is 9.78 Å². The number of methoxy groups -OCH3 is 1. The van der Waals surface area contributed by atoms with Crippen LogP contribution in [-0.4, -0.2) is 28.2 Å². The van der Waals surface area contributed by atoms with Crippen molar-refractivity contribution in [1.29, 1.82) is 0 Å². The van der Waals surface area contributed by atoms with Gasteiger partial charge in [0, 0.05) is 28.5 Å². The van der Waals surface area contributed by atoms with Crippen LogP contribution >= 0.6 is 23.1 Å². The first-order chi connectivity index (χ1) is 9.97. The maximum absolute atomic E-state index is 10.8. The van der Waals surface area contributed by atoms with Crippen LogP contribution in [0.15, 0.2) is 16.5 Å². The summed E-state index contributed by atoms with van der Waals surface area (Å²) in [6, 6.07) is 3.78. The molecular formula is C14H16N2O3S2. The molecule has 112 valence electrons. The first kappa shape index (κ1) is 15.8. The van der Waals surface area contributed by atoms with Gasteiger partial charge >= 0.3 is 5.97 Å². The van der Waals surface area contributed by atoms with E-state index in [1.165, 1.54) is 11.3 Å². The minimum absolute atomic E-state index is 0.0284. The summed E-state index contributed by atoms with van der Waals surface area (Å²) >= 11 is 2.99. The monoisotopic (exact) mass is 324 g/mol. The Hall–Kier alpha value is -1.60. The number of ether oxygens (including phenoxy) is 1. The van der Waals surface area contributed by atoms with Crippen LogP contribution in [0.2, 0.25) is 0 Å². The van der Waals surface area contributed by atoms with Crippen LogP contribution in [0.25, 0.3) is 0 Å². The van der Waals surface area contributed by atoms with E-state index in [1.54, 1.807) is 18.9 Å². The van der Waals surface area contributed by atoms with E-state index in [1.807, 2.05) is 26.0 Å². The second kappa shape index (κ2) is 6.91. The van der Waals surface area contributed by atoms with Gasteiger partial charge in [0.15, 0.2) is 4.34 Å². The predicted molar refractivity (Wildman–Crippen MR) is 83.3 cm³/mol. The lowest BCUT2D eigenvalue weighted by Crippen LogP contribution is -1.99. The molecule has 2 rings (SSSR count). The maximum Gasteiger partial charge on any atom is 0.308 e. The molecule has 0 atom stereocenters. The van der Waals surface area contributed by atoms with Crippen molar-refractivity contribution in [3.8, 4) is 5.75 Å². The number of nitrogens with zero attached hydrogens (tertiary/aromatic N) is 2. The van der Waals surface area contributed by atoms with Gasteiger partial charge in [-0.05, 0) is 13.8 Å². The smallest absolute Gasteiger partial charge is 0.308 e. The van der Waals surface area contributed by atoms with E-state index in [9.17, 15) is 4.79 Å². The van der Waals surface area contributed by atoms with Crippen molar-refractivity contribution < 1.29 is 14.6 Å². The highest BCUT2D eigenvalue weighted by atomic mass is 32.2. The molecule has 21 heavy (non-hydrogen) atoms. The van der Waals surface area contributed by atoms with Crippen LogP contribution in [-0.2, 0) is 17.0 Å². The fraction of sp³-hybridized carbons (Fsp3) is 0.357. The molecule has 0 aliphatic rings. The van der Waals surface area contributed by atoms with Crippen LogP contribution in [0.4, 0.5) is 0 Å². The van der Waals surface area contributed by atoms with Crippen LogP contribution in [0.5, 0.6) is 5.75 Å². The Bertz CT molecular complexity index is 656. The van der Waals surface area contributed by atoms with Crippen LogP contribution in [0.1, 0.15) is 22.0 Å². The van der Waals surface area contributed by atoms with Gasteiger partial charge in [-0.2, -0.15) is 0 Å². The number of pyridine rings is 1. The molecule has 0 amide bonds. The van der Waals surface area contributed by atoms with E-state index in [4.69, 9.17) is 9.84 Å². The molecule has 1 N–H and O–H groups in total. The molecule has 0 saturated carbocycles. The highest BCUT2D eigenvalue weighted by Gasteiger charge is 2.12. The van der Waals surface area contributed by atoms with Crippen LogP contribution < -0.4 is 4.74 Å². The quantitative estimate of drug-likeness (QED) is 0.823. The summed E-state index contributed by atoms with van der Waals surface area (Å²) in [5.41, 5.74) is 2.62. The van der Waals surface area contributed by atoms with E-state index in [0.717, 1.165) is 32.0 Å². The number of carboxylic acid groups (broad SMARTS) is 1. The second-order valence-electron chi connectivity index (χ2n) is 4.49. The number of carbonyl (C=O) groups is 1. The van der Waals surface area contributed by atoms with Gasteiger partial charge in [-0.25, -0.2) is 4.98 Å². The van der Waals surface area contributed by atoms with Gasteiger partial charge in [-0.15, -0.1) is 11.3 Å². The summed E-state index contributed by atoms with van der Waals surface area (Å²) in [7, 11) is 1.63. The van der Waals surface area contributed by atoms with Crippen LogP contribution in [0, 0.1) is 13.8 Å². The summed E-state index contributed by atoms with van der Waals surface area (Å²) in [5.74, 6) is 0.640. The molecule has 2 aromatic rings. The molecule has 5 nitrogen and oxygen atoms in total. The van der Waals surface area contributed by atoms with Gasteiger partial charge in [-0.1, -0.05) is 11.8 Å². The predicted octanol–water partition coefficient (Wildman–Crippen LogP) is 3.08. The molecule has 7 heteroatoms. The maximum atomic E-state index is 10.8. The minimum atomic E-state index is -0.830. The molecule has 0 radical (unpaired) electrons. The van der Waals surface area contributed by atoms with E-state index in [2.05, 4.69) is 9.97 Å². The van der Waals surface area contributed by atoms with E-state index < -0.39 is 5.97 Å². The molecule has 2 heterocycles. The molecule has 0 spiro atoms. The topological polar surface area (TPSA) is 72.3 Å². The van der Waals surface area contributed by atoms with Crippen molar-refractivity contribution in [2.24, 2.45) is 0 Å². The second-order valence-corrected chi connectivity index (χ2v) is 6.79. The molecule has 0 saturated heterocycles. The first-order valence-corrected chi connectivity index (χ1v) is 8.10. The van der Waals surface area contributed by atoms with Crippen molar-refractivity contribution in [2.45, 2.75) is 30.4 Å². The highest BCUT2D eigenvalue weighted by molar-refractivity contribution is 8.00. The zero-order valence-electron chi connectivity index (χ0n) is 12.0. The lowest BCUT2D eigenvalue weighted by atomic mass is 10.3. The Labute approximate surface area is 131 Å². The standard InChI is InChI=1S/C14H16N2O3S2/c1-8-4-11(19-3)5-10(15-8)7-20-14-16-9(2)12(21-14)6-13(17)18/h4-5H,6-7H2,1-3H3,(H,17,18). The van der Waals surface area contributed by atoms with Gasteiger partial charge in [0.1, 0.15) is 5.75 Å². The fourth-order valence-corrected chi connectivity index (χ4v) is 3.91. The van der Waals surface area contributed by atoms with E-state index >= 15 is 0 Å². The Morgan fingerprint density at radius 3 is 2.81 bits per heavy atom. The van der Waals surface area contributed by atoms with Crippen molar-refractivity contribution in [2.75, 3.05) is 7.11 Å². The molecule has 0 aliphatic carbocycles. The summed E-state index contributed by atoms with van der Waals surface area (Å²) in [4.78, 5) is 20.4. The zero-order chi connectivity index (χ0) is 15.4. The number of thiazole rings is 1. The number of hydrogen-bond donors (Lipinski definition) is 1. The van der Waals surface area contributed by atoms with Gasteiger partial charge < -0.3 is 9.84 Å². The average molecular weight is 324 g/mol. The SMILES string of the molecule is COc1cc(C)nc(CSc2nc(C)c(CC(=O)O)s2)c1. The minimum Gasteiger partial charge on any atom is -0.497 e. The van der Waals surface area contributed by atoms with Gasteiger partial charge in [0.25, 0.3) is 0 Å². The fourth-order valence-electron chi connectivity index (χ4n) is 1.79. The molecule has 0 bridgehead atoms. The number of aryl methyl sites for hydroxylation is 2. The Balaban J connectivity index is 2.06. The number of hydrogen-bond acceptors (Lipinski definition) is 6. The van der Waals surface area contributed by atoms with Crippen molar-refractivity contribution in [3.05, 3.63) is 34.1 Å². The van der Waals surface area contributed by atoms with Crippen molar-refractivity contribution >= 4 is 29.1 Å². The molecule has 0 unspecified atom stereocenters. The third kappa shape index (κ3) is 4.44. The third-order valence-electron chi connectivity index (χ3n) is 2.74. The van der Waals surface area contributed by atoms with Crippen LogP contribution in [0.3, 0.4) is 0 Å². The van der Waals surface area contributed by atoms with E-state index in [-0.39, 0.29) is 6.42 Å². The van der Waals surface area contributed by atoms with Gasteiger partial charge in [0.05, 0.1) is 24.9 Å². The highest BCUT2D eigenvalue weighted by Crippen LogP contribution is 2.30. The number of carboxylic acids is 1.